The van der Waals surface area contributed by atoms with Crippen LogP contribution in [0.25, 0.3) is 5.32 Å². The second kappa shape index (κ2) is 12.6. The van der Waals surface area contributed by atoms with Crippen molar-refractivity contribution in [3.8, 4) is 0 Å². The molecule has 1 aliphatic rings. The van der Waals surface area contributed by atoms with Gasteiger partial charge in [0.15, 0.2) is 0 Å². The monoisotopic (exact) mass is 487 g/mol. The molecule has 1 fully saturated rings. The summed E-state index contributed by atoms with van der Waals surface area (Å²) in [6, 6.07) is 0. The van der Waals surface area contributed by atoms with Crippen molar-refractivity contribution in [2.75, 3.05) is 45.8 Å². The summed E-state index contributed by atoms with van der Waals surface area (Å²) in [7, 11) is 0. The van der Waals surface area contributed by atoms with E-state index in [-0.39, 0.29) is 15.0 Å². The summed E-state index contributed by atoms with van der Waals surface area (Å²) in [4.78, 5) is 5.12. The quantitative estimate of drug-likeness (QED) is 0.442. The van der Waals surface area contributed by atoms with Crippen LogP contribution in [0.15, 0.2) is 0 Å². The molecule has 0 amide bonds. The molecule has 0 radical (unpaired) electrons. The molecule has 153 valence electrons. The van der Waals surface area contributed by atoms with E-state index in [0.29, 0.717) is 0 Å². The van der Waals surface area contributed by atoms with Gasteiger partial charge in [0.25, 0.3) is 0 Å². The molecule has 1 heterocycles. The van der Waals surface area contributed by atoms with E-state index < -0.39 is 0 Å². The first-order chi connectivity index (χ1) is 11.9. The summed E-state index contributed by atoms with van der Waals surface area (Å²) in [5.74, 6) is 0. The van der Waals surface area contributed by atoms with Gasteiger partial charge >= 0.3 is 22.4 Å². The Morgan fingerprint density at radius 2 is 1.46 bits per heavy atom. The number of hydrogen-bond acceptors (Lipinski definition) is 5. The van der Waals surface area contributed by atoms with Crippen molar-refractivity contribution >= 4 is 25.3 Å². The molecule has 0 atom stereocenters. The van der Waals surface area contributed by atoms with Crippen LogP contribution in [0.5, 0.6) is 0 Å². The van der Waals surface area contributed by atoms with Crippen molar-refractivity contribution in [1.82, 2.24) is 9.80 Å². The zero-order chi connectivity index (χ0) is 20.4. The van der Waals surface area contributed by atoms with Gasteiger partial charge in [-0.25, -0.2) is 0 Å². The van der Waals surface area contributed by atoms with Gasteiger partial charge in [0.05, 0.1) is 0 Å². The molecule has 0 aromatic heterocycles. The molecule has 1 aliphatic heterocycles. The van der Waals surface area contributed by atoms with E-state index in [2.05, 4.69) is 51.3 Å². The van der Waals surface area contributed by atoms with Crippen molar-refractivity contribution in [1.29, 1.82) is 0 Å². The topological polar surface area (TPSA) is 37.7 Å². The minimum atomic E-state index is -0.160. The maximum atomic E-state index is 8.22. The fourth-order valence-corrected chi connectivity index (χ4v) is 3.47. The van der Waals surface area contributed by atoms with Gasteiger partial charge in [-0.15, -0.1) is 10.3 Å². The van der Waals surface area contributed by atoms with Gasteiger partial charge in [-0.3, -0.25) is 0 Å². The maximum absolute atomic E-state index is 8.22. The van der Waals surface area contributed by atoms with Crippen LogP contribution in [-0.2, 0) is 47.6 Å². The normalized spacial score (nSPS) is 17.2. The third kappa shape index (κ3) is 15.0. The Kier molecular flexibility index (Phi) is 13.1. The molecule has 0 unspecified atom stereocenters. The average molecular weight is 488 g/mol. The summed E-state index contributed by atoms with van der Waals surface area (Å²) >= 11 is 12.0. The Morgan fingerprint density at radius 3 is 1.92 bits per heavy atom. The molecule has 0 aromatic carbocycles. The van der Waals surface area contributed by atoms with Crippen LogP contribution >= 0.6 is 0 Å². The Morgan fingerprint density at radius 1 is 0.923 bits per heavy atom. The number of rotatable bonds is 10. The van der Waals surface area contributed by atoms with Crippen LogP contribution in [0.4, 0.5) is 0 Å². The summed E-state index contributed by atoms with van der Waals surface area (Å²) in [5, 5.41) is 4.90. The molecule has 0 spiro atoms. The molecular formula is C19H38N3OS2Tc+. The number of hydrogen-bond donors (Lipinski definition) is 0. The molecule has 1 saturated heterocycles. The van der Waals surface area contributed by atoms with Crippen molar-refractivity contribution in [2.45, 2.75) is 75.8 Å². The Labute approximate surface area is 183 Å². The van der Waals surface area contributed by atoms with E-state index in [1.807, 2.05) is 0 Å². The molecule has 0 aromatic rings. The molecule has 7 heteroatoms. The molecular weight excluding hydrogens is 449 g/mol. The van der Waals surface area contributed by atoms with Crippen LogP contribution in [0.1, 0.15) is 60.8 Å². The summed E-state index contributed by atoms with van der Waals surface area (Å²) in [6.07, 6.45) is 4.09. The molecule has 0 saturated carbocycles. The van der Waals surface area contributed by atoms with Gasteiger partial charge in [-0.05, 0) is 39.0 Å². The van der Waals surface area contributed by atoms with E-state index in [0.717, 1.165) is 51.6 Å². The SMILES string of the molecule is CC(C)([S-])C[N-]C(C)(C)CN(CCN1CCCCC1)CC(C)(C)[S-].[O]=[99Tc+4]. The average Bonchev–Trinajstić information content (AvgIpc) is 2.51. The summed E-state index contributed by atoms with van der Waals surface area (Å²) < 4.78 is 7.96. The second-order valence-corrected chi connectivity index (χ2v) is 11.5. The van der Waals surface area contributed by atoms with E-state index in [1.54, 1.807) is 0 Å². The van der Waals surface area contributed by atoms with Crippen LogP contribution in [-0.4, -0.2) is 70.6 Å². The standard InChI is InChI=1S/C19H40N3S2.O.Tc/c1-17(2,20-14-18(3,4)23)15-22(16-19(5,6)24)13-12-21-10-8-7-9-11-21;;/h23-24H,7-16H2,1-6H3;;/q-1;;+4/p-2/i;;1+1. The fraction of sp³-hybridized carbons (Fsp3) is 1.00. The van der Waals surface area contributed by atoms with E-state index in [1.165, 1.54) is 32.4 Å². The van der Waals surface area contributed by atoms with E-state index in [4.69, 9.17) is 34.1 Å². The van der Waals surface area contributed by atoms with Crippen LogP contribution in [0, 0.1) is 0 Å². The van der Waals surface area contributed by atoms with E-state index >= 15 is 0 Å². The zero-order valence-electron chi connectivity index (χ0n) is 17.5. The first-order valence-electron chi connectivity index (χ1n) is 9.56. The fourth-order valence-electron chi connectivity index (χ4n) is 3.22. The second-order valence-electron chi connectivity index (χ2n) is 9.26. The predicted molar refractivity (Wildman–Crippen MR) is 113 cm³/mol. The van der Waals surface area contributed by atoms with Gasteiger partial charge in [-0.1, -0.05) is 48.0 Å². The molecule has 1 rings (SSSR count). The third-order valence-corrected chi connectivity index (χ3v) is 4.54. The van der Waals surface area contributed by atoms with Crippen LogP contribution < -0.4 is 0 Å². The minimum absolute atomic E-state index is 0.0848. The first kappa shape index (κ1) is 27.0. The van der Waals surface area contributed by atoms with Gasteiger partial charge in [-0.2, -0.15) is 11.3 Å². The number of likely N-dealkylation sites (tertiary alicyclic amines) is 1. The molecule has 26 heavy (non-hydrogen) atoms. The summed E-state index contributed by atoms with van der Waals surface area (Å²) in [6.45, 7) is 20.2. The Bertz CT molecular complexity index is 378. The van der Waals surface area contributed by atoms with E-state index in [9.17, 15) is 0 Å². The van der Waals surface area contributed by atoms with Crippen molar-refractivity contribution in [3.63, 3.8) is 0 Å². The third-order valence-electron chi connectivity index (χ3n) is 4.28. The first-order valence-corrected chi connectivity index (χ1v) is 11.1. The predicted octanol–water partition coefficient (Wildman–Crippen LogP) is 3.46. The van der Waals surface area contributed by atoms with Crippen molar-refractivity contribution in [3.05, 3.63) is 5.32 Å². The van der Waals surface area contributed by atoms with Gasteiger partial charge < -0.3 is 40.4 Å². The Balaban J connectivity index is 0.00000301. The number of piperidine rings is 1. The van der Waals surface area contributed by atoms with Gasteiger partial charge in [0.1, 0.15) is 0 Å². The van der Waals surface area contributed by atoms with Gasteiger partial charge in [0, 0.05) is 13.1 Å². The molecule has 0 N–H and O–H groups in total. The van der Waals surface area contributed by atoms with Crippen LogP contribution in [0.2, 0.25) is 0 Å². The number of nitrogens with zero attached hydrogens (tertiary/aromatic N) is 3. The van der Waals surface area contributed by atoms with Crippen molar-refractivity contribution < 1.29 is 22.4 Å². The zero-order valence-corrected chi connectivity index (χ0v) is 21.0. The van der Waals surface area contributed by atoms with Crippen LogP contribution in [0.3, 0.4) is 0 Å². The molecule has 4 nitrogen and oxygen atoms in total. The summed E-state index contributed by atoms with van der Waals surface area (Å²) in [5.41, 5.74) is -0.0848. The molecule has 0 bridgehead atoms. The Hall–Kier alpha value is 1.03. The van der Waals surface area contributed by atoms with Crippen molar-refractivity contribution in [2.24, 2.45) is 0 Å². The molecule has 0 aliphatic carbocycles. The van der Waals surface area contributed by atoms with Gasteiger partial charge in [0.2, 0.25) is 0 Å².